The molecule has 0 amide bonds. The van der Waals surface area contributed by atoms with Gasteiger partial charge in [0, 0.05) is 42.8 Å². The molecule has 176 valence electrons. The normalized spacial score (nSPS) is 12.9. The molecule has 1 aromatic heterocycles. The largest absolute Gasteiger partial charge is 0.378 e. The number of carbonyl (C=O) groups excluding carboxylic acids is 3. The zero-order valence-electron chi connectivity index (χ0n) is 19.6. The quantitative estimate of drug-likeness (QED) is 0.533. The number of benzene rings is 2. The lowest BCUT2D eigenvalue weighted by Crippen LogP contribution is -2.37. The fourth-order valence-corrected chi connectivity index (χ4v) is 4.04. The number of ether oxygens (including phenoxy) is 1. The van der Waals surface area contributed by atoms with Gasteiger partial charge in [-0.1, -0.05) is 55.5 Å². The molecule has 3 aromatic rings. The Morgan fingerprint density at radius 1 is 0.971 bits per heavy atom. The number of anilines is 1. The maximum absolute atomic E-state index is 12.6. The molecule has 7 heteroatoms. The molecule has 7 nitrogen and oxygen atoms in total. The van der Waals surface area contributed by atoms with E-state index in [-0.39, 0.29) is 11.9 Å². The van der Waals surface area contributed by atoms with E-state index in [0.717, 1.165) is 72.3 Å². The summed E-state index contributed by atoms with van der Waals surface area (Å²) < 4.78 is 5.51. The molecule has 0 spiro atoms. The van der Waals surface area contributed by atoms with Crippen LogP contribution in [0.2, 0.25) is 0 Å². The highest BCUT2D eigenvalue weighted by Gasteiger charge is 2.19. The second-order valence-electron chi connectivity index (χ2n) is 8.06. The van der Waals surface area contributed by atoms with E-state index < -0.39 is 0 Å². The van der Waals surface area contributed by atoms with Gasteiger partial charge >= 0.3 is 6.15 Å². The number of Topliss-reactive ketones (excluding diaryl/α,β-unsaturated/α-hetero) is 1. The highest BCUT2D eigenvalue weighted by atomic mass is 16.5. The van der Waals surface area contributed by atoms with Gasteiger partial charge in [0.15, 0.2) is 5.82 Å². The van der Waals surface area contributed by atoms with Crippen molar-refractivity contribution in [3.05, 3.63) is 77.0 Å². The van der Waals surface area contributed by atoms with Gasteiger partial charge < -0.3 is 9.64 Å². The summed E-state index contributed by atoms with van der Waals surface area (Å²) in [5, 5.41) is 0. The molecule has 0 radical (unpaired) electrons. The predicted octanol–water partition coefficient (Wildman–Crippen LogP) is 3.62. The number of carbonyl (C=O) groups is 1. The molecule has 0 N–H and O–H groups in total. The molecule has 1 saturated heterocycles. The van der Waals surface area contributed by atoms with E-state index in [0.29, 0.717) is 12.8 Å². The van der Waals surface area contributed by atoms with Crippen LogP contribution in [0.25, 0.3) is 11.4 Å². The molecule has 0 bridgehead atoms. The van der Waals surface area contributed by atoms with Gasteiger partial charge in [0.25, 0.3) is 0 Å². The summed E-state index contributed by atoms with van der Waals surface area (Å²) in [7, 11) is 0. The molecular formula is C27H29N3O4. The molecular weight excluding hydrogens is 430 g/mol. The molecule has 0 unspecified atom stereocenters. The van der Waals surface area contributed by atoms with Crippen molar-refractivity contribution in [2.45, 2.75) is 33.1 Å². The van der Waals surface area contributed by atoms with Crippen LogP contribution < -0.4 is 4.90 Å². The Morgan fingerprint density at radius 3 is 2.29 bits per heavy atom. The molecule has 34 heavy (non-hydrogen) atoms. The lowest BCUT2D eigenvalue weighted by atomic mass is 10.0. The zero-order chi connectivity index (χ0) is 24.3. The summed E-state index contributed by atoms with van der Waals surface area (Å²) in [4.78, 5) is 40.9. The number of morpholine rings is 1. The van der Waals surface area contributed by atoms with Gasteiger partial charge in [0.2, 0.25) is 0 Å². The van der Waals surface area contributed by atoms with Crippen molar-refractivity contribution in [3.8, 4) is 11.4 Å². The number of hydrogen-bond acceptors (Lipinski definition) is 7. The van der Waals surface area contributed by atoms with Gasteiger partial charge in [0.05, 0.1) is 13.2 Å². The highest BCUT2D eigenvalue weighted by Crippen LogP contribution is 2.26. The molecule has 0 aliphatic carbocycles. The summed E-state index contributed by atoms with van der Waals surface area (Å²) in [6.45, 7) is 7.36. The monoisotopic (exact) mass is 459 g/mol. The van der Waals surface area contributed by atoms with E-state index in [9.17, 15) is 4.79 Å². The van der Waals surface area contributed by atoms with Crippen molar-refractivity contribution < 1.29 is 19.1 Å². The lowest BCUT2D eigenvalue weighted by molar-refractivity contribution is -0.191. The first-order valence-corrected chi connectivity index (χ1v) is 11.4. The SMILES string of the molecule is CCc1nc(-c2cccc(CC(=O)Cc3ccccc3)c2)nc(N2CCOCC2)c1C.O=C=O. The van der Waals surface area contributed by atoms with Gasteiger partial charge in [0.1, 0.15) is 11.6 Å². The van der Waals surface area contributed by atoms with Gasteiger partial charge in [-0.2, -0.15) is 9.59 Å². The average Bonchev–Trinajstić information content (AvgIpc) is 2.86. The lowest BCUT2D eigenvalue weighted by Gasteiger charge is -2.29. The van der Waals surface area contributed by atoms with Crippen molar-refractivity contribution >= 4 is 17.8 Å². The number of rotatable bonds is 7. The first-order valence-electron chi connectivity index (χ1n) is 11.4. The van der Waals surface area contributed by atoms with Crippen LogP contribution in [-0.2, 0) is 38.4 Å². The van der Waals surface area contributed by atoms with Crippen LogP contribution in [-0.4, -0.2) is 48.2 Å². The van der Waals surface area contributed by atoms with E-state index in [4.69, 9.17) is 24.3 Å². The molecule has 1 aliphatic rings. The third-order valence-corrected chi connectivity index (χ3v) is 5.70. The maximum Gasteiger partial charge on any atom is 0.373 e. The van der Waals surface area contributed by atoms with Gasteiger partial charge in [-0.3, -0.25) is 4.79 Å². The maximum atomic E-state index is 12.6. The van der Waals surface area contributed by atoms with Gasteiger partial charge in [-0.05, 0) is 30.5 Å². The minimum absolute atomic E-state index is 0.205. The molecule has 0 saturated carbocycles. The molecule has 2 aromatic carbocycles. The predicted molar refractivity (Wildman–Crippen MR) is 128 cm³/mol. The third-order valence-electron chi connectivity index (χ3n) is 5.70. The Bertz CT molecular complexity index is 1140. The van der Waals surface area contributed by atoms with E-state index in [1.807, 2.05) is 48.5 Å². The zero-order valence-corrected chi connectivity index (χ0v) is 19.6. The molecule has 1 aliphatic heterocycles. The first kappa shape index (κ1) is 25.0. The minimum atomic E-state index is 0.205. The summed E-state index contributed by atoms with van der Waals surface area (Å²) in [6, 6.07) is 18.0. The molecule has 1 fully saturated rings. The highest BCUT2D eigenvalue weighted by molar-refractivity contribution is 5.83. The fraction of sp³-hybridized carbons (Fsp3) is 0.333. The Kier molecular flexibility index (Phi) is 9.21. The number of hydrogen-bond donors (Lipinski definition) is 0. The summed E-state index contributed by atoms with van der Waals surface area (Å²) in [5.41, 5.74) is 5.20. The van der Waals surface area contributed by atoms with E-state index in [1.54, 1.807) is 0 Å². The van der Waals surface area contributed by atoms with Crippen molar-refractivity contribution in [2.75, 3.05) is 31.2 Å². The Labute approximate surface area is 199 Å². The molecule has 4 rings (SSSR count). The Morgan fingerprint density at radius 2 is 1.62 bits per heavy atom. The third kappa shape index (κ3) is 6.67. The van der Waals surface area contributed by atoms with Crippen LogP contribution in [0.1, 0.15) is 29.3 Å². The summed E-state index contributed by atoms with van der Waals surface area (Å²) in [5.74, 6) is 1.92. The molecule has 0 atom stereocenters. The van der Waals surface area contributed by atoms with Crippen LogP contribution in [0.15, 0.2) is 54.6 Å². The van der Waals surface area contributed by atoms with Crippen molar-refractivity contribution in [1.82, 2.24) is 9.97 Å². The Balaban J connectivity index is 0.00000103. The fourth-order valence-electron chi connectivity index (χ4n) is 4.04. The second kappa shape index (κ2) is 12.5. The smallest absolute Gasteiger partial charge is 0.373 e. The van der Waals surface area contributed by atoms with E-state index >= 15 is 0 Å². The summed E-state index contributed by atoms with van der Waals surface area (Å²) in [6.07, 6.45) is 1.97. The average molecular weight is 460 g/mol. The minimum Gasteiger partial charge on any atom is -0.378 e. The van der Waals surface area contributed by atoms with Crippen LogP contribution >= 0.6 is 0 Å². The topological polar surface area (TPSA) is 89.5 Å². The van der Waals surface area contributed by atoms with E-state index in [2.05, 4.69) is 24.8 Å². The second-order valence-corrected chi connectivity index (χ2v) is 8.06. The number of ketones is 1. The number of aryl methyl sites for hydroxylation is 1. The van der Waals surface area contributed by atoms with Crippen LogP contribution in [0.5, 0.6) is 0 Å². The van der Waals surface area contributed by atoms with E-state index in [1.165, 1.54) is 0 Å². The van der Waals surface area contributed by atoms with Crippen molar-refractivity contribution in [3.63, 3.8) is 0 Å². The van der Waals surface area contributed by atoms with Crippen molar-refractivity contribution in [2.24, 2.45) is 0 Å². The van der Waals surface area contributed by atoms with Crippen LogP contribution in [0, 0.1) is 6.92 Å². The first-order chi connectivity index (χ1) is 16.5. The van der Waals surface area contributed by atoms with Crippen LogP contribution in [0.3, 0.4) is 0 Å². The van der Waals surface area contributed by atoms with Crippen LogP contribution in [0.4, 0.5) is 5.82 Å². The van der Waals surface area contributed by atoms with Gasteiger partial charge in [-0.25, -0.2) is 9.97 Å². The summed E-state index contributed by atoms with van der Waals surface area (Å²) >= 11 is 0. The number of aromatic nitrogens is 2. The molecule has 2 heterocycles. The van der Waals surface area contributed by atoms with Gasteiger partial charge in [-0.15, -0.1) is 0 Å². The van der Waals surface area contributed by atoms with Crippen molar-refractivity contribution in [1.29, 1.82) is 0 Å². The standard InChI is InChI=1S/C26H29N3O2.CO2/c1-3-24-19(2)26(29-12-14-31-15-13-29)28-25(27-24)22-11-7-10-21(16-22)18-23(30)17-20-8-5-4-6-9-20;2-1-3/h4-11,16H,3,12-15,17-18H2,1-2H3;. The Hall–Kier alpha value is -3.67. The number of nitrogens with zero attached hydrogens (tertiary/aromatic N) is 3.